The van der Waals surface area contributed by atoms with E-state index in [1.54, 1.807) is 49.4 Å². The molecule has 1 fully saturated rings. The summed E-state index contributed by atoms with van der Waals surface area (Å²) in [6.45, 7) is 2.18. The van der Waals surface area contributed by atoms with Crippen LogP contribution in [0, 0.1) is 0 Å². The van der Waals surface area contributed by atoms with Crippen LogP contribution in [0.15, 0.2) is 53.4 Å². The van der Waals surface area contributed by atoms with Crippen LogP contribution in [0.2, 0.25) is 0 Å². The van der Waals surface area contributed by atoms with Crippen molar-refractivity contribution in [3.63, 3.8) is 0 Å². The highest BCUT2D eigenvalue weighted by molar-refractivity contribution is 8.26. The molecule has 1 aliphatic rings. The van der Waals surface area contributed by atoms with E-state index in [1.807, 2.05) is 6.07 Å². The Bertz CT molecular complexity index is 974. The fourth-order valence-corrected chi connectivity index (χ4v) is 4.27. The third kappa shape index (κ3) is 4.78. The second kappa shape index (κ2) is 9.11. The van der Waals surface area contributed by atoms with Crippen molar-refractivity contribution >= 4 is 46.3 Å². The lowest BCUT2D eigenvalue weighted by atomic mass is 10.0. The molecule has 0 aliphatic carbocycles. The molecule has 0 unspecified atom stereocenters. The second-order valence-electron chi connectivity index (χ2n) is 6.24. The van der Waals surface area contributed by atoms with Crippen molar-refractivity contribution in [2.45, 2.75) is 19.4 Å². The van der Waals surface area contributed by atoms with Gasteiger partial charge in [0.25, 0.3) is 5.91 Å². The van der Waals surface area contributed by atoms with Gasteiger partial charge in [0.1, 0.15) is 4.32 Å². The number of phenolic OH excluding ortho intramolecular Hbond substituents is 1. The zero-order valence-electron chi connectivity index (χ0n) is 15.5. The summed E-state index contributed by atoms with van der Waals surface area (Å²) in [5, 5.41) is 21.6. The first-order valence-electron chi connectivity index (χ1n) is 8.88. The summed E-state index contributed by atoms with van der Waals surface area (Å²) in [4.78, 5) is 26.1. The molecule has 1 heterocycles. The van der Waals surface area contributed by atoms with Gasteiger partial charge in [-0.1, -0.05) is 60.4 Å². The molecule has 1 aliphatic heterocycles. The number of carboxylic acids is 1. The molecule has 6 nitrogen and oxygen atoms in total. The lowest BCUT2D eigenvalue weighted by molar-refractivity contribution is -0.310. The quantitative estimate of drug-likeness (QED) is 0.535. The Labute approximate surface area is 177 Å². The van der Waals surface area contributed by atoms with Crippen molar-refractivity contribution in [3.05, 3.63) is 64.6 Å². The molecule has 1 amide bonds. The van der Waals surface area contributed by atoms with Crippen LogP contribution in [-0.2, 0) is 16.0 Å². The maximum absolute atomic E-state index is 12.9. The van der Waals surface area contributed by atoms with Gasteiger partial charge in [-0.05, 0) is 42.7 Å². The molecular formula is C21H18NO5S2-. The van der Waals surface area contributed by atoms with Crippen LogP contribution in [0.4, 0.5) is 0 Å². The molecule has 8 heteroatoms. The van der Waals surface area contributed by atoms with Gasteiger partial charge in [-0.3, -0.25) is 9.69 Å². The molecule has 0 aromatic heterocycles. The van der Waals surface area contributed by atoms with Crippen molar-refractivity contribution in [1.82, 2.24) is 4.90 Å². The number of benzene rings is 2. The fraction of sp³-hybridized carbons (Fsp3) is 0.190. The number of hydrogen-bond acceptors (Lipinski definition) is 7. The van der Waals surface area contributed by atoms with E-state index in [0.717, 1.165) is 22.2 Å². The zero-order valence-corrected chi connectivity index (χ0v) is 17.2. The maximum Gasteiger partial charge on any atom is 0.266 e. The number of nitrogens with zero attached hydrogens (tertiary/aromatic N) is 1. The Morgan fingerprint density at radius 2 is 2.03 bits per heavy atom. The molecule has 1 N–H and O–H groups in total. The molecule has 0 spiro atoms. The number of ether oxygens (including phenoxy) is 1. The average molecular weight is 429 g/mol. The van der Waals surface area contributed by atoms with E-state index in [-0.39, 0.29) is 16.5 Å². The van der Waals surface area contributed by atoms with Crippen LogP contribution in [0.3, 0.4) is 0 Å². The Balaban J connectivity index is 1.87. The van der Waals surface area contributed by atoms with E-state index in [0.29, 0.717) is 22.8 Å². The fourth-order valence-electron chi connectivity index (χ4n) is 2.91. The lowest BCUT2D eigenvalue weighted by Crippen LogP contribution is -2.51. The predicted molar refractivity (Wildman–Crippen MR) is 113 cm³/mol. The highest BCUT2D eigenvalue weighted by Crippen LogP contribution is 2.36. The number of carbonyl (C=O) groups is 2. The summed E-state index contributed by atoms with van der Waals surface area (Å²) in [6, 6.07) is 12.5. The Morgan fingerprint density at radius 3 is 2.69 bits per heavy atom. The zero-order chi connectivity index (χ0) is 21.0. The van der Waals surface area contributed by atoms with Gasteiger partial charge in [0, 0.05) is 0 Å². The molecule has 150 valence electrons. The molecule has 3 rings (SSSR count). The summed E-state index contributed by atoms with van der Waals surface area (Å²) in [7, 11) is 0. The first-order chi connectivity index (χ1) is 13.9. The third-order valence-corrected chi connectivity index (χ3v) is 5.59. The van der Waals surface area contributed by atoms with Crippen molar-refractivity contribution in [3.8, 4) is 11.5 Å². The van der Waals surface area contributed by atoms with Crippen LogP contribution >= 0.6 is 24.0 Å². The molecule has 2 aromatic carbocycles. The van der Waals surface area contributed by atoms with Crippen LogP contribution in [0.5, 0.6) is 11.5 Å². The largest absolute Gasteiger partial charge is 0.548 e. The molecule has 0 radical (unpaired) electrons. The number of phenols is 1. The molecule has 2 aromatic rings. The van der Waals surface area contributed by atoms with E-state index in [9.17, 15) is 19.8 Å². The highest BCUT2D eigenvalue weighted by atomic mass is 32.2. The minimum Gasteiger partial charge on any atom is -0.548 e. The number of rotatable bonds is 7. The standard InChI is InChI=1S/C21H19NO5S2/c1-2-27-17-11-14(8-9-16(17)23)12-18-19(24)22(21(28)29-18)15(20(25)26)10-13-6-4-3-5-7-13/h3-9,11-12,15,23H,2,10H2,1H3,(H,25,26)/p-1/b18-12+/t15-/m0/s1. The first-order valence-corrected chi connectivity index (χ1v) is 10.1. The predicted octanol–water partition coefficient (Wildman–Crippen LogP) is 2.35. The average Bonchev–Trinajstić information content (AvgIpc) is 2.96. The van der Waals surface area contributed by atoms with Gasteiger partial charge in [0.05, 0.1) is 23.5 Å². The molecule has 29 heavy (non-hydrogen) atoms. The van der Waals surface area contributed by atoms with Gasteiger partial charge < -0.3 is 19.7 Å². The Hall–Kier alpha value is -2.84. The number of carboxylic acid groups (broad SMARTS) is 1. The van der Waals surface area contributed by atoms with Crippen molar-refractivity contribution in [2.75, 3.05) is 6.61 Å². The van der Waals surface area contributed by atoms with E-state index < -0.39 is 17.9 Å². The summed E-state index contributed by atoms with van der Waals surface area (Å²) < 4.78 is 5.52. The Kier molecular flexibility index (Phi) is 6.56. The molecule has 0 saturated carbocycles. The van der Waals surface area contributed by atoms with E-state index in [2.05, 4.69) is 0 Å². The summed E-state index contributed by atoms with van der Waals surface area (Å²) in [5.41, 5.74) is 1.39. The topological polar surface area (TPSA) is 89.9 Å². The summed E-state index contributed by atoms with van der Waals surface area (Å²) in [5.74, 6) is -1.56. The monoisotopic (exact) mass is 428 g/mol. The smallest absolute Gasteiger partial charge is 0.266 e. The molecular weight excluding hydrogens is 410 g/mol. The minimum atomic E-state index is -1.37. The number of aromatic hydroxyl groups is 1. The number of carbonyl (C=O) groups excluding carboxylic acids is 2. The number of thioether (sulfide) groups is 1. The van der Waals surface area contributed by atoms with Crippen LogP contribution in [-0.4, -0.2) is 38.9 Å². The van der Waals surface area contributed by atoms with Crippen LogP contribution in [0.1, 0.15) is 18.1 Å². The van der Waals surface area contributed by atoms with E-state index in [1.165, 1.54) is 6.07 Å². The number of thiocarbonyl (C=S) groups is 1. The number of amides is 1. The van der Waals surface area contributed by atoms with E-state index >= 15 is 0 Å². The van der Waals surface area contributed by atoms with Gasteiger partial charge in [-0.2, -0.15) is 0 Å². The minimum absolute atomic E-state index is 0.00331. The molecule has 0 bridgehead atoms. The SMILES string of the molecule is CCOc1cc(/C=C2/SC(=S)N([C@@H](Cc3ccccc3)C(=O)[O-])C2=O)ccc1O. The van der Waals surface area contributed by atoms with Crippen molar-refractivity contribution < 1.29 is 24.5 Å². The van der Waals surface area contributed by atoms with Gasteiger partial charge in [0.15, 0.2) is 11.5 Å². The van der Waals surface area contributed by atoms with Gasteiger partial charge >= 0.3 is 0 Å². The highest BCUT2D eigenvalue weighted by Gasteiger charge is 2.37. The molecule has 1 saturated heterocycles. The third-order valence-electron chi connectivity index (χ3n) is 4.26. The summed E-state index contributed by atoms with van der Waals surface area (Å²) >= 11 is 6.31. The lowest BCUT2D eigenvalue weighted by Gasteiger charge is -2.27. The second-order valence-corrected chi connectivity index (χ2v) is 7.91. The van der Waals surface area contributed by atoms with Crippen LogP contribution < -0.4 is 9.84 Å². The summed E-state index contributed by atoms with van der Waals surface area (Å²) in [6.07, 6.45) is 1.69. The number of hydrogen-bond donors (Lipinski definition) is 1. The Morgan fingerprint density at radius 1 is 1.31 bits per heavy atom. The van der Waals surface area contributed by atoms with E-state index in [4.69, 9.17) is 17.0 Å². The maximum atomic E-state index is 12.9. The first kappa shape index (κ1) is 20.9. The van der Waals surface area contributed by atoms with Crippen LogP contribution in [0.25, 0.3) is 6.08 Å². The van der Waals surface area contributed by atoms with Gasteiger partial charge in [-0.15, -0.1) is 0 Å². The normalized spacial score (nSPS) is 16.3. The molecule has 1 atom stereocenters. The van der Waals surface area contributed by atoms with Crippen molar-refractivity contribution in [2.24, 2.45) is 0 Å². The van der Waals surface area contributed by atoms with Gasteiger partial charge in [-0.25, -0.2) is 0 Å². The van der Waals surface area contributed by atoms with Gasteiger partial charge in [0.2, 0.25) is 0 Å². The van der Waals surface area contributed by atoms with Crippen molar-refractivity contribution in [1.29, 1.82) is 0 Å². The number of aliphatic carboxylic acids is 1.